The average Bonchev–Trinajstić information content (AvgIpc) is 2.96. The Morgan fingerprint density at radius 2 is 2.40 bits per heavy atom. The minimum Gasteiger partial charge on any atom is -0.378 e. The SMILES string of the molecule is CC(C)CCn1c(CNC(=O)C[C@H]2COCCN2)nc2cccnc21. The molecular weight excluding hydrogens is 318 g/mol. The van der Waals surface area contributed by atoms with Crippen LogP contribution in [0.1, 0.15) is 32.5 Å². The van der Waals surface area contributed by atoms with Gasteiger partial charge in [0.05, 0.1) is 19.8 Å². The minimum absolute atomic E-state index is 0.0124. The van der Waals surface area contributed by atoms with Crippen LogP contribution >= 0.6 is 0 Å². The number of aromatic nitrogens is 3. The molecule has 0 aliphatic carbocycles. The quantitative estimate of drug-likeness (QED) is 0.794. The first-order valence-electron chi connectivity index (χ1n) is 9.01. The fraction of sp³-hybridized carbons (Fsp3) is 0.611. The van der Waals surface area contributed by atoms with E-state index in [1.165, 1.54) is 0 Å². The number of aryl methyl sites for hydroxylation is 1. The number of pyridine rings is 1. The van der Waals surface area contributed by atoms with E-state index in [0.717, 1.165) is 36.5 Å². The molecule has 3 heterocycles. The second kappa shape index (κ2) is 8.40. The second-order valence-corrected chi connectivity index (χ2v) is 6.92. The van der Waals surface area contributed by atoms with Crippen molar-refractivity contribution in [2.24, 2.45) is 5.92 Å². The first kappa shape index (κ1) is 17.8. The van der Waals surface area contributed by atoms with Crippen LogP contribution in [-0.2, 0) is 22.6 Å². The third-order valence-corrected chi connectivity index (χ3v) is 4.39. The fourth-order valence-corrected chi connectivity index (χ4v) is 2.99. The van der Waals surface area contributed by atoms with E-state index in [1.807, 2.05) is 12.1 Å². The molecule has 0 unspecified atom stereocenters. The number of carbonyl (C=O) groups excluding carboxylic acids is 1. The van der Waals surface area contributed by atoms with Crippen molar-refractivity contribution in [2.45, 2.75) is 45.8 Å². The summed E-state index contributed by atoms with van der Waals surface area (Å²) in [4.78, 5) is 21.3. The van der Waals surface area contributed by atoms with E-state index in [2.05, 4.69) is 39.0 Å². The third kappa shape index (κ3) is 4.76. The highest BCUT2D eigenvalue weighted by Crippen LogP contribution is 2.16. The number of fused-ring (bicyclic) bond motifs is 1. The molecule has 1 amide bonds. The van der Waals surface area contributed by atoms with Crippen LogP contribution in [0.25, 0.3) is 11.2 Å². The predicted octanol–water partition coefficient (Wildman–Crippen LogP) is 1.47. The highest BCUT2D eigenvalue weighted by atomic mass is 16.5. The van der Waals surface area contributed by atoms with Gasteiger partial charge in [0.2, 0.25) is 5.91 Å². The van der Waals surface area contributed by atoms with Crippen LogP contribution in [0.4, 0.5) is 0 Å². The zero-order chi connectivity index (χ0) is 17.6. The largest absolute Gasteiger partial charge is 0.378 e. The molecule has 7 heteroatoms. The normalized spacial score (nSPS) is 18.0. The van der Waals surface area contributed by atoms with Crippen LogP contribution < -0.4 is 10.6 Å². The number of nitrogens with zero attached hydrogens (tertiary/aromatic N) is 3. The first-order chi connectivity index (χ1) is 12.1. The van der Waals surface area contributed by atoms with Crippen molar-refractivity contribution >= 4 is 17.1 Å². The number of carbonyl (C=O) groups is 1. The van der Waals surface area contributed by atoms with Crippen LogP contribution in [0.5, 0.6) is 0 Å². The maximum atomic E-state index is 12.2. The molecule has 2 aromatic heterocycles. The average molecular weight is 345 g/mol. The molecule has 1 aliphatic heterocycles. The van der Waals surface area contributed by atoms with Crippen molar-refractivity contribution in [3.63, 3.8) is 0 Å². The van der Waals surface area contributed by atoms with E-state index in [-0.39, 0.29) is 11.9 Å². The van der Waals surface area contributed by atoms with Gasteiger partial charge in [0.25, 0.3) is 0 Å². The molecule has 0 bridgehead atoms. The molecule has 2 aromatic rings. The second-order valence-electron chi connectivity index (χ2n) is 6.92. The van der Waals surface area contributed by atoms with Crippen LogP contribution in [0.2, 0.25) is 0 Å². The molecule has 0 saturated carbocycles. The van der Waals surface area contributed by atoms with Crippen molar-refractivity contribution in [3.8, 4) is 0 Å². The lowest BCUT2D eigenvalue weighted by Gasteiger charge is -2.23. The molecule has 1 fully saturated rings. The minimum atomic E-state index is 0.0124. The van der Waals surface area contributed by atoms with Gasteiger partial charge >= 0.3 is 0 Å². The molecule has 0 spiro atoms. The Balaban J connectivity index is 1.65. The van der Waals surface area contributed by atoms with Gasteiger partial charge in [-0.2, -0.15) is 0 Å². The summed E-state index contributed by atoms with van der Waals surface area (Å²) >= 11 is 0. The van der Waals surface area contributed by atoms with Crippen molar-refractivity contribution in [2.75, 3.05) is 19.8 Å². The molecule has 0 aromatic carbocycles. The van der Waals surface area contributed by atoms with Gasteiger partial charge in [-0.3, -0.25) is 4.79 Å². The Labute approximate surface area is 148 Å². The van der Waals surface area contributed by atoms with Gasteiger partial charge in [0, 0.05) is 31.7 Å². The van der Waals surface area contributed by atoms with E-state index < -0.39 is 0 Å². The first-order valence-corrected chi connectivity index (χ1v) is 9.01. The van der Waals surface area contributed by atoms with Crippen LogP contribution in [0, 0.1) is 5.92 Å². The highest BCUT2D eigenvalue weighted by Gasteiger charge is 2.18. The Kier molecular flexibility index (Phi) is 5.99. The number of nitrogens with one attached hydrogen (secondary N) is 2. The Hall–Kier alpha value is -1.99. The molecule has 3 rings (SSSR count). The summed E-state index contributed by atoms with van der Waals surface area (Å²) in [6.07, 6.45) is 3.25. The summed E-state index contributed by atoms with van der Waals surface area (Å²) in [5.41, 5.74) is 1.76. The maximum Gasteiger partial charge on any atom is 0.222 e. The molecule has 1 atom stereocenters. The van der Waals surface area contributed by atoms with Crippen molar-refractivity contribution in [1.29, 1.82) is 0 Å². The number of hydrogen-bond donors (Lipinski definition) is 2. The molecule has 0 radical (unpaired) electrons. The summed E-state index contributed by atoms with van der Waals surface area (Å²) < 4.78 is 7.51. The van der Waals surface area contributed by atoms with E-state index in [9.17, 15) is 4.79 Å². The summed E-state index contributed by atoms with van der Waals surface area (Å²) in [6, 6.07) is 3.94. The van der Waals surface area contributed by atoms with E-state index >= 15 is 0 Å². The van der Waals surface area contributed by atoms with Gasteiger partial charge in [-0.05, 0) is 24.5 Å². The summed E-state index contributed by atoms with van der Waals surface area (Å²) in [7, 11) is 0. The number of hydrogen-bond acceptors (Lipinski definition) is 5. The highest BCUT2D eigenvalue weighted by molar-refractivity contribution is 5.77. The lowest BCUT2D eigenvalue weighted by Crippen LogP contribution is -2.44. The molecule has 1 saturated heterocycles. The Morgan fingerprint density at radius 3 is 3.16 bits per heavy atom. The fourth-order valence-electron chi connectivity index (χ4n) is 2.99. The Bertz CT molecular complexity index is 707. The monoisotopic (exact) mass is 345 g/mol. The number of rotatable bonds is 7. The maximum absolute atomic E-state index is 12.2. The summed E-state index contributed by atoms with van der Waals surface area (Å²) in [5.74, 6) is 1.47. The molecule has 2 N–H and O–H groups in total. The van der Waals surface area contributed by atoms with Crippen LogP contribution in [-0.4, -0.2) is 46.2 Å². The molecule has 7 nitrogen and oxygen atoms in total. The van der Waals surface area contributed by atoms with Crippen LogP contribution in [0.15, 0.2) is 18.3 Å². The van der Waals surface area contributed by atoms with Gasteiger partial charge in [0.1, 0.15) is 11.3 Å². The van der Waals surface area contributed by atoms with Crippen molar-refractivity contribution < 1.29 is 9.53 Å². The smallest absolute Gasteiger partial charge is 0.222 e. The number of ether oxygens (including phenoxy) is 1. The van der Waals surface area contributed by atoms with Gasteiger partial charge in [-0.25, -0.2) is 9.97 Å². The van der Waals surface area contributed by atoms with Crippen molar-refractivity contribution in [3.05, 3.63) is 24.2 Å². The van der Waals surface area contributed by atoms with Gasteiger partial charge in [-0.15, -0.1) is 0 Å². The molecule has 1 aliphatic rings. The zero-order valence-electron chi connectivity index (χ0n) is 15.0. The number of amides is 1. The summed E-state index contributed by atoms with van der Waals surface area (Å²) in [6.45, 7) is 7.78. The molecule has 136 valence electrons. The topological polar surface area (TPSA) is 81.1 Å². The number of imidazole rings is 1. The van der Waals surface area contributed by atoms with E-state index in [0.29, 0.717) is 32.1 Å². The van der Waals surface area contributed by atoms with E-state index in [4.69, 9.17) is 4.74 Å². The molecule has 25 heavy (non-hydrogen) atoms. The Morgan fingerprint density at radius 1 is 1.52 bits per heavy atom. The van der Waals surface area contributed by atoms with Crippen LogP contribution in [0.3, 0.4) is 0 Å². The van der Waals surface area contributed by atoms with Crippen molar-refractivity contribution in [1.82, 2.24) is 25.2 Å². The summed E-state index contributed by atoms with van der Waals surface area (Å²) in [5, 5.41) is 6.29. The standard InChI is InChI=1S/C18H27N5O2/c1-13(2)5-8-23-16(22-15-4-3-6-20-18(15)23)11-21-17(24)10-14-12-25-9-7-19-14/h3-4,6,13-14,19H,5,7-12H2,1-2H3,(H,21,24)/t14-/m0/s1. The van der Waals surface area contributed by atoms with Gasteiger partial charge in [0.15, 0.2) is 5.65 Å². The number of morpholine rings is 1. The van der Waals surface area contributed by atoms with Gasteiger partial charge in [-0.1, -0.05) is 13.8 Å². The predicted molar refractivity (Wildman–Crippen MR) is 96.1 cm³/mol. The lowest BCUT2D eigenvalue weighted by molar-refractivity contribution is -0.122. The molecular formula is C18H27N5O2. The third-order valence-electron chi connectivity index (χ3n) is 4.39. The lowest BCUT2D eigenvalue weighted by atomic mass is 10.1. The van der Waals surface area contributed by atoms with Gasteiger partial charge < -0.3 is 19.9 Å². The zero-order valence-corrected chi connectivity index (χ0v) is 15.0. The van der Waals surface area contributed by atoms with E-state index in [1.54, 1.807) is 6.20 Å².